The fourth-order valence-electron chi connectivity index (χ4n) is 3.50. The lowest BCUT2D eigenvalue weighted by molar-refractivity contribution is -0.387. The Morgan fingerprint density at radius 1 is 1.22 bits per heavy atom. The lowest BCUT2D eigenvalue weighted by atomic mass is 10.2. The summed E-state index contributed by atoms with van der Waals surface area (Å²) < 4.78 is 19.9. The SMILES string of the molecule is O=C(Nc1ccc([N+](=O)[O-])c(F)c1)OCCCN1CCN(c2nc3ccccc3s2)CC1. The van der Waals surface area contributed by atoms with Crippen molar-refractivity contribution in [3.63, 3.8) is 0 Å². The Bertz CT molecular complexity index is 1080. The van der Waals surface area contributed by atoms with Crippen LogP contribution >= 0.6 is 11.3 Å². The number of hydrogen-bond acceptors (Lipinski definition) is 8. The van der Waals surface area contributed by atoms with Gasteiger partial charge in [0.2, 0.25) is 5.82 Å². The predicted octanol–water partition coefficient (Wildman–Crippen LogP) is 4.10. The van der Waals surface area contributed by atoms with E-state index in [1.54, 1.807) is 11.3 Å². The van der Waals surface area contributed by atoms with Crippen LogP contribution in [0, 0.1) is 15.9 Å². The fourth-order valence-corrected chi connectivity index (χ4v) is 4.51. The van der Waals surface area contributed by atoms with E-state index in [1.165, 1.54) is 10.8 Å². The summed E-state index contributed by atoms with van der Waals surface area (Å²) >= 11 is 1.71. The number of carbonyl (C=O) groups excluding carboxylic acids is 1. The van der Waals surface area contributed by atoms with Crippen LogP contribution in [-0.2, 0) is 4.74 Å². The van der Waals surface area contributed by atoms with Crippen molar-refractivity contribution in [1.29, 1.82) is 0 Å². The number of carbonyl (C=O) groups is 1. The summed E-state index contributed by atoms with van der Waals surface area (Å²) in [5.74, 6) is -1.02. The zero-order valence-corrected chi connectivity index (χ0v) is 18.0. The molecule has 168 valence electrons. The minimum Gasteiger partial charge on any atom is -0.449 e. The highest BCUT2D eigenvalue weighted by molar-refractivity contribution is 7.22. The average Bonchev–Trinajstić information content (AvgIpc) is 3.21. The Balaban J connectivity index is 1.15. The third-order valence-corrected chi connectivity index (χ3v) is 6.27. The fraction of sp³-hybridized carbons (Fsp3) is 0.333. The largest absolute Gasteiger partial charge is 0.449 e. The molecule has 0 spiro atoms. The van der Waals surface area contributed by atoms with E-state index < -0.39 is 22.5 Å². The molecule has 1 aromatic heterocycles. The lowest BCUT2D eigenvalue weighted by Gasteiger charge is -2.34. The summed E-state index contributed by atoms with van der Waals surface area (Å²) in [5, 5.41) is 14.1. The molecular weight excluding hydrogens is 437 g/mol. The van der Waals surface area contributed by atoms with E-state index >= 15 is 0 Å². The second kappa shape index (κ2) is 9.88. The molecule has 0 saturated carbocycles. The number of anilines is 2. The standard InChI is InChI=1S/C21H22FN5O4S/c22-16-14-15(6-7-18(16)27(29)30)23-21(28)31-13-3-8-25-9-11-26(12-10-25)20-24-17-4-1-2-5-19(17)32-20/h1-2,4-7,14H,3,8-13H2,(H,23,28). The smallest absolute Gasteiger partial charge is 0.411 e. The molecule has 1 aliphatic heterocycles. The Morgan fingerprint density at radius 3 is 2.72 bits per heavy atom. The van der Waals surface area contributed by atoms with E-state index in [4.69, 9.17) is 9.72 Å². The van der Waals surface area contributed by atoms with Gasteiger partial charge in [0, 0.05) is 50.5 Å². The van der Waals surface area contributed by atoms with E-state index in [2.05, 4.69) is 21.2 Å². The molecule has 1 N–H and O–H groups in total. The quantitative estimate of drug-likeness (QED) is 0.322. The number of amides is 1. The number of hydrogen-bond donors (Lipinski definition) is 1. The molecular formula is C21H22FN5O4S. The van der Waals surface area contributed by atoms with Crippen molar-refractivity contribution in [3.8, 4) is 0 Å². The molecule has 32 heavy (non-hydrogen) atoms. The molecule has 1 fully saturated rings. The first-order chi connectivity index (χ1) is 15.5. The van der Waals surface area contributed by atoms with Crippen LogP contribution in [0.4, 0.5) is 25.7 Å². The topological polar surface area (TPSA) is 101 Å². The number of nitro benzene ring substituents is 1. The number of ether oxygens (including phenoxy) is 1. The predicted molar refractivity (Wildman–Crippen MR) is 121 cm³/mol. The molecule has 1 aliphatic rings. The zero-order valence-electron chi connectivity index (χ0n) is 17.2. The van der Waals surface area contributed by atoms with Crippen LogP contribution in [-0.4, -0.2) is 60.2 Å². The van der Waals surface area contributed by atoms with Gasteiger partial charge in [0.25, 0.3) is 0 Å². The Morgan fingerprint density at radius 2 is 2.00 bits per heavy atom. The number of piperazine rings is 1. The molecule has 0 atom stereocenters. The maximum Gasteiger partial charge on any atom is 0.411 e. The van der Waals surface area contributed by atoms with Gasteiger partial charge in [0.05, 0.1) is 21.7 Å². The Hall–Kier alpha value is -3.31. The summed E-state index contributed by atoms with van der Waals surface area (Å²) in [6.07, 6.45) is -0.0534. The van der Waals surface area contributed by atoms with E-state index in [-0.39, 0.29) is 12.3 Å². The van der Waals surface area contributed by atoms with Gasteiger partial charge in [-0.1, -0.05) is 23.5 Å². The Labute approximate surface area is 187 Å². The van der Waals surface area contributed by atoms with Crippen molar-refractivity contribution >= 4 is 44.2 Å². The van der Waals surface area contributed by atoms with E-state index in [0.29, 0.717) is 6.42 Å². The first-order valence-corrected chi connectivity index (χ1v) is 11.0. The first kappa shape index (κ1) is 21.9. The van der Waals surface area contributed by atoms with Gasteiger partial charge in [-0.2, -0.15) is 4.39 Å². The van der Waals surface area contributed by atoms with Crippen molar-refractivity contribution < 1.29 is 18.8 Å². The van der Waals surface area contributed by atoms with Gasteiger partial charge in [-0.3, -0.25) is 20.3 Å². The van der Waals surface area contributed by atoms with Crippen LogP contribution in [0.3, 0.4) is 0 Å². The molecule has 0 aliphatic carbocycles. The summed E-state index contributed by atoms with van der Waals surface area (Å²) in [5.41, 5.74) is 0.484. The molecule has 9 nitrogen and oxygen atoms in total. The molecule has 2 aromatic carbocycles. The molecule has 1 saturated heterocycles. The van der Waals surface area contributed by atoms with Crippen LogP contribution in [0.15, 0.2) is 42.5 Å². The monoisotopic (exact) mass is 459 g/mol. The van der Waals surface area contributed by atoms with Gasteiger partial charge in [-0.05, 0) is 24.6 Å². The van der Waals surface area contributed by atoms with Gasteiger partial charge in [0.1, 0.15) is 0 Å². The number of thiazole rings is 1. The van der Waals surface area contributed by atoms with Crippen LogP contribution in [0.2, 0.25) is 0 Å². The number of benzene rings is 2. The maximum absolute atomic E-state index is 13.6. The van der Waals surface area contributed by atoms with Gasteiger partial charge >= 0.3 is 11.8 Å². The summed E-state index contributed by atoms with van der Waals surface area (Å²) in [4.78, 5) is 31.0. The molecule has 0 radical (unpaired) electrons. The van der Waals surface area contributed by atoms with Crippen LogP contribution in [0.25, 0.3) is 10.2 Å². The normalized spacial score (nSPS) is 14.5. The van der Waals surface area contributed by atoms with Crippen LogP contribution < -0.4 is 10.2 Å². The molecule has 1 amide bonds. The molecule has 2 heterocycles. The lowest BCUT2D eigenvalue weighted by Crippen LogP contribution is -2.46. The molecule has 0 unspecified atom stereocenters. The van der Waals surface area contributed by atoms with Gasteiger partial charge < -0.3 is 9.64 Å². The summed E-state index contributed by atoms with van der Waals surface area (Å²) in [6, 6.07) is 11.3. The number of aromatic nitrogens is 1. The summed E-state index contributed by atoms with van der Waals surface area (Å²) in [6.45, 7) is 4.63. The van der Waals surface area contributed by atoms with Crippen LogP contribution in [0.5, 0.6) is 0 Å². The highest BCUT2D eigenvalue weighted by Gasteiger charge is 2.20. The van der Waals surface area contributed by atoms with Gasteiger partial charge in [-0.25, -0.2) is 9.78 Å². The number of halogens is 1. The van der Waals surface area contributed by atoms with Crippen molar-refractivity contribution in [2.75, 3.05) is 49.5 Å². The Kier molecular flexibility index (Phi) is 6.76. The van der Waals surface area contributed by atoms with E-state index in [9.17, 15) is 19.3 Å². The van der Waals surface area contributed by atoms with Crippen molar-refractivity contribution in [3.05, 3.63) is 58.4 Å². The average molecular weight is 460 g/mol. The minimum absolute atomic E-state index is 0.101. The minimum atomic E-state index is -1.02. The summed E-state index contributed by atoms with van der Waals surface area (Å²) in [7, 11) is 0. The second-order valence-corrected chi connectivity index (χ2v) is 8.34. The van der Waals surface area contributed by atoms with Crippen molar-refractivity contribution in [1.82, 2.24) is 9.88 Å². The molecule has 11 heteroatoms. The number of nitrogens with one attached hydrogen (secondary N) is 1. The van der Waals surface area contributed by atoms with Crippen molar-refractivity contribution in [2.24, 2.45) is 0 Å². The second-order valence-electron chi connectivity index (χ2n) is 7.33. The third-order valence-electron chi connectivity index (χ3n) is 5.17. The number of nitro groups is 1. The number of fused-ring (bicyclic) bond motifs is 1. The van der Waals surface area contributed by atoms with Crippen LogP contribution in [0.1, 0.15) is 6.42 Å². The highest BCUT2D eigenvalue weighted by atomic mass is 32.1. The van der Waals surface area contributed by atoms with Gasteiger partial charge in [0.15, 0.2) is 5.13 Å². The maximum atomic E-state index is 13.6. The number of rotatable bonds is 7. The van der Waals surface area contributed by atoms with Gasteiger partial charge in [-0.15, -0.1) is 0 Å². The first-order valence-electron chi connectivity index (χ1n) is 10.2. The van der Waals surface area contributed by atoms with Crippen molar-refractivity contribution in [2.45, 2.75) is 6.42 Å². The number of para-hydroxylation sites is 1. The zero-order chi connectivity index (χ0) is 22.5. The molecule has 0 bridgehead atoms. The highest BCUT2D eigenvalue weighted by Crippen LogP contribution is 2.29. The third kappa shape index (κ3) is 5.29. The number of nitrogens with zero attached hydrogens (tertiary/aromatic N) is 4. The molecule has 3 aromatic rings. The molecule has 4 rings (SSSR count). The van der Waals surface area contributed by atoms with E-state index in [1.807, 2.05) is 18.2 Å². The van der Waals surface area contributed by atoms with E-state index in [0.717, 1.165) is 55.5 Å².